The van der Waals surface area contributed by atoms with Crippen molar-refractivity contribution in [1.82, 2.24) is 4.90 Å². The third-order valence-electron chi connectivity index (χ3n) is 3.14. The summed E-state index contributed by atoms with van der Waals surface area (Å²) in [6.45, 7) is 2.29. The van der Waals surface area contributed by atoms with Crippen molar-refractivity contribution in [3.8, 4) is 6.07 Å². The third-order valence-corrected chi connectivity index (χ3v) is 4.40. The van der Waals surface area contributed by atoms with E-state index in [1.165, 1.54) is 25.0 Å². The van der Waals surface area contributed by atoms with Gasteiger partial charge in [-0.1, -0.05) is 0 Å². The molecule has 0 aromatic carbocycles. The molecule has 2 saturated heterocycles. The maximum atomic E-state index is 9.30. The van der Waals surface area contributed by atoms with Gasteiger partial charge in [-0.15, -0.1) is 0 Å². The lowest BCUT2D eigenvalue weighted by Crippen LogP contribution is -2.49. The summed E-state index contributed by atoms with van der Waals surface area (Å²) >= 11 is 1.95. The van der Waals surface area contributed by atoms with Crippen LogP contribution in [-0.2, 0) is 0 Å². The van der Waals surface area contributed by atoms with Gasteiger partial charge in [0.05, 0.1) is 6.07 Å². The number of likely N-dealkylation sites (tertiary alicyclic amines) is 1. The van der Waals surface area contributed by atoms with E-state index in [0.717, 1.165) is 25.3 Å². The van der Waals surface area contributed by atoms with Gasteiger partial charge in [-0.3, -0.25) is 4.90 Å². The van der Waals surface area contributed by atoms with E-state index in [-0.39, 0.29) is 5.54 Å². The Labute approximate surface area is 84.3 Å². The number of hydrogen-bond donors (Lipinski definition) is 0. The van der Waals surface area contributed by atoms with E-state index in [4.69, 9.17) is 0 Å². The van der Waals surface area contributed by atoms with E-state index in [0.29, 0.717) is 0 Å². The largest absolute Gasteiger partial charge is 0.285 e. The van der Waals surface area contributed by atoms with E-state index in [1.807, 2.05) is 11.8 Å². The van der Waals surface area contributed by atoms with E-state index in [9.17, 15) is 5.26 Å². The molecule has 1 unspecified atom stereocenters. The number of thioether (sulfide) groups is 1. The fourth-order valence-electron chi connectivity index (χ4n) is 2.33. The lowest BCUT2D eigenvalue weighted by atomic mass is 9.95. The van der Waals surface area contributed by atoms with E-state index in [1.54, 1.807) is 0 Å². The molecule has 2 aliphatic heterocycles. The maximum Gasteiger partial charge on any atom is 0.118 e. The van der Waals surface area contributed by atoms with Crippen molar-refractivity contribution in [2.45, 2.75) is 31.2 Å². The van der Waals surface area contributed by atoms with Gasteiger partial charge < -0.3 is 0 Å². The molecule has 0 aliphatic carbocycles. The minimum absolute atomic E-state index is 0.0978. The summed E-state index contributed by atoms with van der Waals surface area (Å²) in [6, 6.07) is 2.56. The lowest BCUT2D eigenvalue weighted by Gasteiger charge is -2.38. The first kappa shape index (κ1) is 9.36. The molecule has 2 heterocycles. The second kappa shape index (κ2) is 3.89. The highest BCUT2D eigenvalue weighted by atomic mass is 32.2. The highest BCUT2D eigenvalue weighted by Crippen LogP contribution is 2.33. The van der Waals surface area contributed by atoms with Crippen LogP contribution in [0, 0.1) is 11.3 Å². The number of rotatable bonds is 1. The van der Waals surface area contributed by atoms with Gasteiger partial charge in [0.1, 0.15) is 5.54 Å². The fraction of sp³-hybridized carbons (Fsp3) is 0.900. The highest BCUT2D eigenvalue weighted by Gasteiger charge is 2.39. The molecule has 2 aliphatic rings. The third kappa shape index (κ3) is 1.70. The standard InChI is InChI=1S/C10H16N2S/c11-8-10(4-3-7-13-9-10)12-5-1-2-6-12/h1-7,9H2. The van der Waals surface area contributed by atoms with E-state index < -0.39 is 0 Å². The van der Waals surface area contributed by atoms with Gasteiger partial charge in [0.25, 0.3) is 0 Å². The molecule has 0 amide bonds. The van der Waals surface area contributed by atoms with Gasteiger partial charge in [0, 0.05) is 5.75 Å². The molecular formula is C10H16N2S. The van der Waals surface area contributed by atoms with Crippen LogP contribution in [-0.4, -0.2) is 35.0 Å². The first-order valence-corrected chi connectivity index (χ1v) is 6.27. The minimum atomic E-state index is -0.0978. The Morgan fingerprint density at radius 1 is 1.23 bits per heavy atom. The molecule has 3 heteroatoms. The Kier molecular flexibility index (Phi) is 2.80. The van der Waals surface area contributed by atoms with Crippen molar-refractivity contribution in [3.05, 3.63) is 0 Å². The second-order valence-corrected chi connectivity index (χ2v) is 5.10. The molecule has 0 radical (unpaired) electrons. The van der Waals surface area contributed by atoms with Crippen molar-refractivity contribution < 1.29 is 0 Å². The van der Waals surface area contributed by atoms with Crippen LogP contribution in [0.5, 0.6) is 0 Å². The molecule has 0 N–H and O–H groups in total. The van der Waals surface area contributed by atoms with Crippen molar-refractivity contribution in [3.63, 3.8) is 0 Å². The van der Waals surface area contributed by atoms with E-state index in [2.05, 4.69) is 11.0 Å². The Morgan fingerprint density at radius 2 is 2.00 bits per heavy atom. The predicted molar refractivity (Wildman–Crippen MR) is 55.7 cm³/mol. The Balaban J connectivity index is 2.08. The molecule has 0 aromatic rings. The normalized spacial score (nSPS) is 35.9. The zero-order valence-corrected chi connectivity index (χ0v) is 8.78. The highest BCUT2D eigenvalue weighted by molar-refractivity contribution is 7.99. The summed E-state index contributed by atoms with van der Waals surface area (Å²) in [6.07, 6.45) is 4.88. The molecule has 1 atom stereocenters. The quantitative estimate of drug-likeness (QED) is 0.640. The van der Waals surface area contributed by atoms with Crippen molar-refractivity contribution in [1.29, 1.82) is 5.26 Å². The monoisotopic (exact) mass is 196 g/mol. The number of hydrogen-bond acceptors (Lipinski definition) is 3. The summed E-state index contributed by atoms with van der Waals surface area (Å²) in [4.78, 5) is 2.42. The lowest BCUT2D eigenvalue weighted by molar-refractivity contribution is 0.181. The van der Waals surface area contributed by atoms with Crippen LogP contribution in [0.15, 0.2) is 0 Å². The van der Waals surface area contributed by atoms with Gasteiger partial charge in [-0.05, 0) is 44.5 Å². The van der Waals surface area contributed by atoms with Gasteiger partial charge in [-0.25, -0.2) is 0 Å². The minimum Gasteiger partial charge on any atom is -0.285 e. The Bertz CT molecular complexity index is 209. The van der Waals surface area contributed by atoms with Crippen LogP contribution in [0.4, 0.5) is 0 Å². The van der Waals surface area contributed by atoms with Gasteiger partial charge in [0.15, 0.2) is 0 Å². The fourth-order valence-corrected chi connectivity index (χ4v) is 3.56. The average Bonchev–Trinajstić information content (AvgIpc) is 2.72. The predicted octanol–water partition coefficient (Wildman–Crippen LogP) is 1.87. The SMILES string of the molecule is N#CC1(N2CCCC2)CCCSC1. The molecule has 0 aromatic heterocycles. The van der Waals surface area contributed by atoms with Crippen LogP contribution >= 0.6 is 11.8 Å². The molecule has 72 valence electrons. The second-order valence-electron chi connectivity index (χ2n) is 3.99. The zero-order valence-electron chi connectivity index (χ0n) is 7.96. The zero-order chi connectivity index (χ0) is 9.15. The molecule has 0 bridgehead atoms. The van der Waals surface area contributed by atoms with Crippen LogP contribution < -0.4 is 0 Å². The van der Waals surface area contributed by atoms with Gasteiger partial charge >= 0.3 is 0 Å². The van der Waals surface area contributed by atoms with Crippen molar-refractivity contribution >= 4 is 11.8 Å². The van der Waals surface area contributed by atoms with Crippen LogP contribution in [0.3, 0.4) is 0 Å². The van der Waals surface area contributed by atoms with Crippen molar-refractivity contribution in [2.24, 2.45) is 0 Å². The van der Waals surface area contributed by atoms with Gasteiger partial charge in [-0.2, -0.15) is 17.0 Å². The topological polar surface area (TPSA) is 27.0 Å². The van der Waals surface area contributed by atoms with Crippen molar-refractivity contribution in [2.75, 3.05) is 24.6 Å². The van der Waals surface area contributed by atoms with Crippen LogP contribution in [0.1, 0.15) is 25.7 Å². The molecule has 2 nitrogen and oxygen atoms in total. The molecule has 13 heavy (non-hydrogen) atoms. The first-order chi connectivity index (χ1) is 6.37. The summed E-state index contributed by atoms with van der Waals surface area (Å²) < 4.78 is 0. The first-order valence-electron chi connectivity index (χ1n) is 5.11. The Hall–Kier alpha value is -0.200. The van der Waals surface area contributed by atoms with Crippen LogP contribution in [0.2, 0.25) is 0 Å². The molecule has 2 fully saturated rings. The van der Waals surface area contributed by atoms with E-state index >= 15 is 0 Å². The summed E-state index contributed by atoms with van der Waals surface area (Å²) in [5.41, 5.74) is -0.0978. The Morgan fingerprint density at radius 3 is 2.54 bits per heavy atom. The molecule has 0 saturated carbocycles. The summed E-state index contributed by atoms with van der Waals surface area (Å²) in [5.74, 6) is 2.28. The molecule has 2 rings (SSSR count). The smallest absolute Gasteiger partial charge is 0.118 e. The van der Waals surface area contributed by atoms with Gasteiger partial charge in [0.2, 0.25) is 0 Å². The summed E-state index contributed by atoms with van der Waals surface area (Å²) in [5, 5.41) is 9.30. The number of nitriles is 1. The molecular weight excluding hydrogens is 180 g/mol. The van der Waals surface area contributed by atoms with Crippen LogP contribution in [0.25, 0.3) is 0 Å². The molecule has 0 spiro atoms. The summed E-state index contributed by atoms with van der Waals surface area (Å²) in [7, 11) is 0. The maximum absolute atomic E-state index is 9.30. The average molecular weight is 196 g/mol. The number of nitrogens with zero attached hydrogens (tertiary/aromatic N) is 2.